The Morgan fingerprint density at radius 2 is 2.14 bits per heavy atom. The summed E-state index contributed by atoms with van der Waals surface area (Å²) in [6, 6.07) is 8.37. The maximum Gasteiger partial charge on any atom is 0.122 e. The molecule has 1 aliphatic rings. The number of para-hydroxylation sites is 1. The van der Waals surface area contributed by atoms with E-state index in [1.165, 1.54) is 37.9 Å². The van der Waals surface area contributed by atoms with Gasteiger partial charge < -0.3 is 9.64 Å². The number of rotatable bonds is 12. The van der Waals surface area contributed by atoms with E-state index in [1.807, 2.05) is 25.1 Å². The molecule has 156 valence electrons. The fourth-order valence-corrected chi connectivity index (χ4v) is 3.64. The zero-order valence-corrected chi connectivity index (χ0v) is 17.4. The summed E-state index contributed by atoms with van der Waals surface area (Å²) < 4.78 is 5.47. The highest BCUT2D eigenvalue weighted by Crippen LogP contribution is 2.25. The molecular formula is C23H37N3O2. The van der Waals surface area contributed by atoms with Gasteiger partial charge in [-0.05, 0) is 75.5 Å². The first kappa shape index (κ1) is 22.3. The molecule has 0 atom stereocenters. The lowest BCUT2D eigenvalue weighted by Gasteiger charge is -2.32. The molecule has 28 heavy (non-hydrogen) atoms. The number of ether oxygens (including phenoxy) is 1. The third kappa shape index (κ3) is 7.97. The summed E-state index contributed by atoms with van der Waals surface area (Å²) in [5.41, 5.74) is 5.38. The number of aliphatic imine (C=N–C) groups is 1. The van der Waals surface area contributed by atoms with Gasteiger partial charge in [-0.25, -0.2) is 5.48 Å². The average Bonchev–Trinajstić information content (AvgIpc) is 2.73. The van der Waals surface area contributed by atoms with Crippen LogP contribution in [0.1, 0.15) is 33.2 Å². The Morgan fingerprint density at radius 1 is 1.36 bits per heavy atom. The summed E-state index contributed by atoms with van der Waals surface area (Å²) in [7, 11) is 1.75. The largest absolute Gasteiger partial charge is 0.496 e. The van der Waals surface area contributed by atoms with Gasteiger partial charge in [0.2, 0.25) is 0 Å². The number of nitrogens with zero attached hydrogens (tertiary/aromatic N) is 2. The number of piperidine rings is 1. The second-order valence-corrected chi connectivity index (χ2v) is 7.21. The second kappa shape index (κ2) is 13.3. The maximum absolute atomic E-state index is 5.53. The van der Waals surface area contributed by atoms with Crippen molar-refractivity contribution in [2.24, 2.45) is 10.9 Å². The van der Waals surface area contributed by atoms with Crippen LogP contribution in [0.3, 0.4) is 0 Å². The fourth-order valence-electron chi connectivity index (χ4n) is 3.64. The predicted molar refractivity (Wildman–Crippen MR) is 119 cm³/mol. The highest BCUT2D eigenvalue weighted by Gasteiger charge is 2.19. The van der Waals surface area contributed by atoms with E-state index in [9.17, 15) is 0 Å². The van der Waals surface area contributed by atoms with Gasteiger partial charge in [-0.2, -0.15) is 0 Å². The molecule has 0 aromatic heterocycles. The molecule has 0 spiro atoms. The molecule has 5 nitrogen and oxygen atoms in total. The molecule has 0 unspecified atom stereocenters. The lowest BCUT2D eigenvalue weighted by molar-refractivity contribution is 0.0489. The number of methoxy groups -OCH3 is 1. The Morgan fingerprint density at radius 3 is 2.86 bits per heavy atom. The van der Waals surface area contributed by atoms with Crippen LogP contribution < -0.4 is 10.2 Å². The van der Waals surface area contributed by atoms with Gasteiger partial charge in [0.05, 0.1) is 13.7 Å². The molecule has 1 heterocycles. The number of likely N-dealkylation sites (tertiary alicyclic amines) is 1. The van der Waals surface area contributed by atoms with Gasteiger partial charge in [-0.3, -0.25) is 9.83 Å². The van der Waals surface area contributed by atoms with Gasteiger partial charge in [-0.15, -0.1) is 0 Å². The number of hydroxylamine groups is 1. The van der Waals surface area contributed by atoms with Crippen LogP contribution in [0.5, 0.6) is 5.75 Å². The number of allylic oxidation sites excluding steroid dienone is 1. The van der Waals surface area contributed by atoms with Crippen molar-refractivity contribution in [3.8, 4) is 5.75 Å². The van der Waals surface area contributed by atoms with E-state index in [1.54, 1.807) is 13.3 Å². The van der Waals surface area contributed by atoms with Gasteiger partial charge in [0.25, 0.3) is 0 Å². The van der Waals surface area contributed by atoms with Gasteiger partial charge in [-0.1, -0.05) is 30.4 Å². The minimum absolute atomic E-state index is 0. The van der Waals surface area contributed by atoms with E-state index in [0.29, 0.717) is 6.61 Å². The predicted octanol–water partition coefficient (Wildman–Crippen LogP) is 4.27. The monoisotopic (exact) mass is 387 g/mol. The smallest absolute Gasteiger partial charge is 0.122 e. The first-order valence-corrected chi connectivity index (χ1v) is 10.2. The first-order valence-electron chi connectivity index (χ1n) is 10.2. The van der Waals surface area contributed by atoms with Crippen LogP contribution in [-0.2, 0) is 11.3 Å². The summed E-state index contributed by atoms with van der Waals surface area (Å²) >= 11 is 0. The Bertz CT molecular complexity index is 641. The molecule has 1 N–H and O–H groups in total. The molecular weight excluding hydrogens is 350 g/mol. The van der Waals surface area contributed by atoms with Gasteiger partial charge in [0, 0.05) is 20.7 Å². The van der Waals surface area contributed by atoms with E-state index < -0.39 is 0 Å². The topological polar surface area (TPSA) is 46.1 Å². The molecule has 2 rings (SSSR count). The molecule has 0 bridgehead atoms. The molecule has 0 aliphatic carbocycles. The summed E-state index contributed by atoms with van der Waals surface area (Å²) in [4.78, 5) is 11.8. The van der Waals surface area contributed by atoms with Crippen molar-refractivity contribution in [2.45, 2.75) is 32.6 Å². The van der Waals surface area contributed by atoms with E-state index in [2.05, 4.69) is 40.3 Å². The van der Waals surface area contributed by atoms with Gasteiger partial charge in [0.1, 0.15) is 5.75 Å². The normalized spacial score (nSPS) is 16.6. The van der Waals surface area contributed by atoms with Crippen molar-refractivity contribution in [3.05, 3.63) is 53.8 Å². The SMILES string of the molecule is C=N/C=C(\C=C/C)CONCCN1CCC(CCc2ccccc2OC)CC1.[HH]. The summed E-state index contributed by atoms with van der Waals surface area (Å²) in [5.74, 6) is 1.83. The number of hydrogen-bond acceptors (Lipinski definition) is 5. The maximum atomic E-state index is 5.53. The molecule has 0 radical (unpaired) electrons. The second-order valence-electron chi connectivity index (χ2n) is 7.21. The molecule has 5 heteroatoms. The molecule has 1 aromatic carbocycles. The highest BCUT2D eigenvalue weighted by atomic mass is 16.6. The lowest BCUT2D eigenvalue weighted by atomic mass is 9.90. The number of benzene rings is 1. The van der Waals surface area contributed by atoms with Crippen LogP contribution in [0.4, 0.5) is 0 Å². The van der Waals surface area contributed by atoms with Crippen molar-refractivity contribution in [2.75, 3.05) is 39.9 Å². The van der Waals surface area contributed by atoms with Crippen molar-refractivity contribution in [3.63, 3.8) is 0 Å². The Hall–Kier alpha value is -1.95. The van der Waals surface area contributed by atoms with Crippen molar-refractivity contribution < 1.29 is 11.0 Å². The zero-order chi connectivity index (χ0) is 20.0. The number of nitrogens with one attached hydrogen (secondary N) is 1. The Labute approximate surface area is 171 Å². The Balaban J connectivity index is 0.00000420. The third-order valence-electron chi connectivity index (χ3n) is 5.23. The van der Waals surface area contributed by atoms with E-state index in [-0.39, 0.29) is 1.43 Å². The summed E-state index contributed by atoms with van der Waals surface area (Å²) in [5, 5.41) is 0. The quantitative estimate of drug-likeness (QED) is 0.252. The summed E-state index contributed by atoms with van der Waals surface area (Å²) in [6.45, 7) is 10.1. The lowest BCUT2D eigenvalue weighted by Crippen LogP contribution is -2.38. The van der Waals surface area contributed by atoms with Crippen LogP contribution in [-0.4, -0.2) is 51.5 Å². The minimum atomic E-state index is 0. The van der Waals surface area contributed by atoms with E-state index in [4.69, 9.17) is 9.57 Å². The number of aryl methyl sites for hydroxylation is 1. The van der Waals surface area contributed by atoms with Crippen LogP contribution in [0.25, 0.3) is 0 Å². The van der Waals surface area contributed by atoms with Crippen LogP contribution in [0, 0.1) is 5.92 Å². The molecule has 1 saturated heterocycles. The fraction of sp³-hybridized carbons (Fsp3) is 0.522. The van der Waals surface area contributed by atoms with E-state index in [0.717, 1.165) is 36.8 Å². The van der Waals surface area contributed by atoms with Crippen molar-refractivity contribution >= 4 is 6.72 Å². The van der Waals surface area contributed by atoms with Crippen molar-refractivity contribution in [1.29, 1.82) is 0 Å². The third-order valence-corrected chi connectivity index (χ3v) is 5.23. The zero-order valence-electron chi connectivity index (χ0n) is 17.4. The molecule has 1 aliphatic heterocycles. The van der Waals surface area contributed by atoms with Gasteiger partial charge in [0.15, 0.2) is 0 Å². The summed E-state index contributed by atoms with van der Waals surface area (Å²) in [6.07, 6.45) is 10.6. The van der Waals surface area contributed by atoms with Crippen LogP contribution >= 0.6 is 0 Å². The number of hydrogen-bond donors (Lipinski definition) is 1. The minimum Gasteiger partial charge on any atom is -0.496 e. The molecule has 0 saturated carbocycles. The molecule has 1 fully saturated rings. The molecule has 1 aromatic rings. The Kier molecular flexibility index (Phi) is 10.6. The highest BCUT2D eigenvalue weighted by molar-refractivity contribution is 5.33. The van der Waals surface area contributed by atoms with Crippen molar-refractivity contribution in [1.82, 2.24) is 10.4 Å². The first-order chi connectivity index (χ1) is 13.8. The standard InChI is InChI=1S/C23H35N3O2.H2/c1-4-7-21(18-24-2)19-28-25-14-17-26-15-12-20(13-16-26)10-11-22-8-5-6-9-23(22)27-3;/h4-9,18,20,25H,2,10-17,19H2,1,3H3;1H/b7-4-,21-18+;. The van der Waals surface area contributed by atoms with Crippen LogP contribution in [0.15, 0.2) is 53.2 Å². The van der Waals surface area contributed by atoms with Crippen LogP contribution in [0.2, 0.25) is 0 Å². The van der Waals surface area contributed by atoms with Gasteiger partial charge >= 0.3 is 0 Å². The van der Waals surface area contributed by atoms with E-state index >= 15 is 0 Å². The molecule has 0 amide bonds. The average molecular weight is 388 g/mol.